The normalized spacial score (nSPS) is 10.8. The number of hydrogen-bond donors (Lipinski definition) is 0. The van der Waals surface area contributed by atoms with Gasteiger partial charge in [0, 0.05) is 24.7 Å². The molecule has 0 saturated carbocycles. The minimum atomic E-state index is 0.386. The number of aromatic nitrogens is 4. The lowest BCUT2D eigenvalue weighted by molar-refractivity contribution is 0.276. The summed E-state index contributed by atoms with van der Waals surface area (Å²) >= 11 is 6.06. The number of rotatable bonds is 4. The molecule has 0 aliphatic heterocycles. The van der Waals surface area contributed by atoms with Gasteiger partial charge in [-0.25, -0.2) is 9.97 Å². The fraction of sp³-hybridized carbons (Fsp3) is 0.214. The van der Waals surface area contributed by atoms with E-state index in [4.69, 9.17) is 21.1 Å². The molecule has 1 aromatic carbocycles. The van der Waals surface area contributed by atoms with Crippen LogP contribution in [-0.4, -0.2) is 26.9 Å². The molecule has 2 aromatic heterocycles. The molecule has 0 spiro atoms. The highest BCUT2D eigenvalue weighted by Crippen LogP contribution is 2.34. The fourth-order valence-electron chi connectivity index (χ4n) is 2.00. The van der Waals surface area contributed by atoms with Crippen LogP contribution in [0.4, 0.5) is 0 Å². The van der Waals surface area contributed by atoms with Crippen molar-refractivity contribution in [1.29, 1.82) is 0 Å². The Labute approximate surface area is 126 Å². The largest absolute Gasteiger partial charge is 0.493 e. The van der Waals surface area contributed by atoms with E-state index in [0.717, 1.165) is 11.1 Å². The van der Waals surface area contributed by atoms with Crippen LogP contribution in [0.3, 0.4) is 0 Å². The molecule has 108 valence electrons. The Morgan fingerprint density at radius 3 is 2.81 bits per heavy atom. The van der Waals surface area contributed by atoms with E-state index in [1.807, 2.05) is 13.1 Å². The molecule has 0 N–H and O–H groups in total. The molecule has 2 heterocycles. The number of hydrogen-bond acceptors (Lipinski definition) is 5. The zero-order valence-electron chi connectivity index (χ0n) is 11.6. The molecule has 6 nitrogen and oxygen atoms in total. The first-order chi connectivity index (χ1) is 10.2. The van der Waals surface area contributed by atoms with Crippen LogP contribution in [0.15, 0.2) is 30.7 Å². The van der Waals surface area contributed by atoms with Gasteiger partial charge in [-0.2, -0.15) is 5.10 Å². The quantitative estimate of drug-likeness (QED) is 0.693. The first kappa shape index (κ1) is 13.6. The molecule has 0 atom stereocenters. The van der Waals surface area contributed by atoms with E-state index in [9.17, 15) is 0 Å². The Hall–Kier alpha value is -2.34. The molecule has 0 saturated heterocycles. The third-order valence-electron chi connectivity index (χ3n) is 3.17. The zero-order valence-corrected chi connectivity index (χ0v) is 12.3. The van der Waals surface area contributed by atoms with Crippen molar-refractivity contribution in [1.82, 2.24) is 19.7 Å². The van der Waals surface area contributed by atoms with Crippen molar-refractivity contribution in [2.45, 2.75) is 6.61 Å². The van der Waals surface area contributed by atoms with Gasteiger partial charge in [0.1, 0.15) is 18.1 Å². The molecule has 0 fully saturated rings. The summed E-state index contributed by atoms with van der Waals surface area (Å²) in [5.74, 6) is 1.18. The molecular formula is C14H13ClN4O2. The third kappa shape index (κ3) is 2.62. The van der Waals surface area contributed by atoms with Gasteiger partial charge >= 0.3 is 0 Å². The molecule has 0 amide bonds. The molecule has 0 bridgehead atoms. The maximum absolute atomic E-state index is 6.06. The van der Waals surface area contributed by atoms with Gasteiger partial charge in [0.25, 0.3) is 0 Å². The van der Waals surface area contributed by atoms with E-state index in [0.29, 0.717) is 28.8 Å². The lowest BCUT2D eigenvalue weighted by Crippen LogP contribution is -2.04. The summed E-state index contributed by atoms with van der Waals surface area (Å²) in [4.78, 5) is 8.15. The minimum Gasteiger partial charge on any atom is -0.493 e. The minimum absolute atomic E-state index is 0.386. The average Bonchev–Trinajstić information content (AvgIpc) is 2.90. The van der Waals surface area contributed by atoms with Crippen LogP contribution in [0.2, 0.25) is 5.15 Å². The highest BCUT2D eigenvalue weighted by molar-refractivity contribution is 6.34. The Morgan fingerprint density at radius 2 is 2.10 bits per heavy atom. The molecule has 21 heavy (non-hydrogen) atoms. The highest BCUT2D eigenvalue weighted by atomic mass is 35.5. The van der Waals surface area contributed by atoms with Crippen LogP contribution in [0.5, 0.6) is 11.5 Å². The average molecular weight is 305 g/mol. The second kappa shape index (κ2) is 5.57. The molecule has 3 rings (SSSR count). The molecule has 0 aliphatic carbocycles. The van der Waals surface area contributed by atoms with Gasteiger partial charge in [-0.05, 0) is 12.1 Å². The Morgan fingerprint density at radius 1 is 1.24 bits per heavy atom. The van der Waals surface area contributed by atoms with Gasteiger partial charge in [-0.3, -0.25) is 4.68 Å². The lowest BCUT2D eigenvalue weighted by Gasteiger charge is -2.12. The van der Waals surface area contributed by atoms with Crippen LogP contribution >= 0.6 is 11.6 Å². The summed E-state index contributed by atoms with van der Waals surface area (Å²) in [5.41, 5.74) is 1.66. The molecule has 0 radical (unpaired) electrons. The van der Waals surface area contributed by atoms with Gasteiger partial charge in [0.15, 0.2) is 11.5 Å². The molecule has 0 aliphatic rings. The molecular weight excluding hydrogens is 292 g/mol. The predicted molar refractivity (Wildman–Crippen MR) is 78.6 cm³/mol. The van der Waals surface area contributed by atoms with E-state index in [-0.39, 0.29) is 0 Å². The second-order valence-electron chi connectivity index (χ2n) is 4.42. The molecule has 7 heteroatoms. The number of aryl methyl sites for hydroxylation is 1. The zero-order chi connectivity index (χ0) is 14.8. The van der Waals surface area contributed by atoms with Crippen molar-refractivity contribution in [2.24, 2.45) is 7.05 Å². The van der Waals surface area contributed by atoms with E-state index in [1.165, 1.54) is 6.33 Å². The van der Waals surface area contributed by atoms with E-state index >= 15 is 0 Å². The van der Waals surface area contributed by atoms with Crippen LogP contribution in [0.1, 0.15) is 5.69 Å². The smallest absolute Gasteiger partial charge is 0.163 e. The lowest BCUT2D eigenvalue weighted by atomic mass is 10.2. The number of benzene rings is 1. The van der Waals surface area contributed by atoms with E-state index in [2.05, 4.69) is 15.1 Å². The first-order valence-electron chi connectivity index (χ1n) is 6.27. The Kier molecular flexibility index (Phi) is 3.62. The number of fused-ring (bicyclic) bond motifs is 1. The molecule has 3 aromatic rings. The number of methoxy groups -OCH3 is 1. The van der Waals surface area contributed by atoms with Gasteiger partial charge in [0.05, 0.1) is 18.3 Å². The SMILES string of the molecule is COc1cc2c(Cl)ncnc2cc1OCc1ccnn1C. The van der Waals surface area contributed by atoms with Crippen LogP contribution in [0, 0.1) is 0 Å². The topological polar surface area (TPSA) is 62.1 Å². The van der Waals surface area contributed by atoms with Crippen molar-refractivity contribution < 1.29 is 9.47 Å². The number of nitrogens with zero attached hydrogens (tertiary/aromatic N) is 4. The second-order valence-corrected chi connectivity index (χ2v) is 4.78. The van der Waals surface area contributed by atoms with Gasteiger partial charge in [0.2, 0.25) is 0 Å². The third-order valence-corrected chi connectivity index (χ3v) is 3.47. The van der Waals surface area contributed by atoms with E-state index < -0.39 is 0 Å². The number of halogens is 1. The summed E-state index contributed by atoms with van der Waals surface area (Å²) in [6, 6.07) is 5.46. The highest BCUT2D eigenvalue weighted by Gasteiger charge is 2.11. The van der Waals surface area contributed by atoms with Crippen molar-refractivity contribution in [2.75, 3.05) is 7.11 Å². The summed E-state index contributed by atoms with van der Waals surface area (Å²) in [5, 5.41) is 5.21. The first-order valence-corrected chi connectivity index (χ1v) is 6.65. The predicted octanol–water partition coefficient (Wildman–Crippen LogP) is 2.60. The Bertz CT molecular complexity index is 788. The number of ether oxygens (including phenoxy) is 2. The van der Waals surface area contributed by atoms with Crippen molar-refractivity contribution in [3.63, 3.8) is 0 Å². The summed E-state index contributed by atoms with van der Waals surface area (Å²) in [6.45, 7) is 0.386. The van der Waals surface area contributed by atoms with E-state index in [1.54, 1.807) is 30.1 Å². The summed E-state index contributed by atoms with van der Waals surface area (Å²) in [6.07, 6.45) is 3.14. The summed E-state index contributed by atoms with van der Waals surface area (Å²) in [7, 11) is 3.44. The fourth-order valence-corrected chi connectivity index (χ4v) is 2.19. The van der Waals surface area contributed by atoms with Crippen molar-refractivity contribution in [3.05, 3.63) is 41.6 Å². The maximum atomic E-state index is 6.06. The van der Waals surface area contributed by atoms with Crippen LogP contribution in [-0.2, 0) is 13.7 Å². The van der Waals surface area contributed by atoms with Crippen LogP contribution < -0.4 is 9.47 Å². The molecule has 0 unspecified atom stereocenters. The monoisotopic (exact) mass is 304 g/mol. The van der Waals surface area contributed by atoms with Gasteiger partial charge < -0.3 is 9.47 Å². The van der Waals surface area contributed by atoms with Crippen molar-refractivity contribution >= 4 is 22.5 Å². The summed E-state index contributed by atoms with van der Waals surface area (Å²) < 4.78 is 12.9. The van der Waals surface area contributed by atoms with Crippen molar-refractivity contribution in [3.8, 4) is 11.5 Å². The van der Waals surface area contributed by atoms with Gasteiger partial charge in [-0.15, -0.1) is 0 Å². The maximum Gasteiger partial charge on any atom is 0.163 e. The van der Waals surface area contributed by atoms with Gasteiger partial charge in [-0.1, -0.05) is 11.6 Å². The Balaban J connectivity index is 1.95. The van der Waals surface area contributed by atoms with Crippen LogP contribution in [0.25, 0.3) is 10.9 Å². The standard InChI is InChI=1S/C14H13ClN4O2/c1-19-9(3-4-18-19)7-21-13-6-11-10(5-12(13)20-2)14(15)17-8-16-11/h3-6,8H,7H2,1-2H3.